The molecular formula is C26H34N6O2. The Morgan fingerprint density at radius 3 is 2.29 bits per heavy atom. The highest BCUT2D eigenvalue weighted by molar-refractivity contribution is 5.94. The molecule has 8 nitrogen and oxygen atoms in total. The predicted molar refractivity (Wildman–Crippen MR) is 141 cm³/mol. The first-order valence-electron chi connectivity index (χ1n) is 11.3. The number of nitrogens with zero attached hydrogens (tertiary/aromatic N) is 3. The predicted octanol–water partition coefficient (Wildman–Crippen LogP) is 3.37. The van der Waals surface area contributed by atoms with Gasteiger partial charge in [-0.15, -0.1) is 0 Å². The van der Waals surface area contributed by atoms with Crippen molar-refractivity contribution in [2.45, 2.75) is 13.0 Å². The Morgan fingerprint density at radius 1 is 1.09 bits per heavy atom. The van der Waals surface area contributed by atoms with Crippen LogP contribution in [0.15, 0.2) is 72.0 Å². The quantitative estimate of drug-likeness (QED) is 0.495. The maximum absolute atomic E-state index is 12.2. The molecule has 1 heterocycles. The van der Waals surface area contributed by atoms with Crippen molar-refractivity contribution in [3.8, 4) is 0 Å². The number of aliphatic imine (C=N–C) groups is 1. The largest absolute Gasteiger partial charge is 0.398 e. The fraction of sp³-hybridized carbons (Fsp3) is 0.308. The highest BCUT2D eigenvalue weighted by Gasteiger charge is 2.14. The SMILES string of the molecule is C=C(N=C/C=C(\N)c1ccc(NC(=O)[C@H](C)N(C)C)cc1)Nc1ccc(N2CCOCC2)cc1. The number of rotatable bonds is 9. The topological polar surface area (TPSA) is 95.2 Å². The third-order valence-corrected chi connectivity index (χ3v) is 5.66. The zero-order chi connectivity index (χ0) is 24.5. The first kappa shape index (κ1) is 25.0. The number of benzene rings is 2. The fourth-order valence-electron chi connectivity index (χ4n) is 3.31. The van der Waals surface area contributed by atoms with E-state index in [1.54, 1.807) is 12.3 Å². The minimum Gasteiger partial charge on any atom is -0.398 e. The zero-order valence-electron chi connectivity index (χ0n) is 20.1. The van der Waals surface area contributed by atoms with E-state index in [0.29, 0.717) is 11.5 Å². The summed E-state index contributed by atoms with van der Waals surface area (Å²) in [6.07, 6.45) is 3.33. The van der Waals surface area contributed by atoms with Crippen molar-refractivity contribution in [3.63, 3.8) is 0 Å². The van der Waals surface area contributed by atoms with Gasteiger partial charge in [0.1, 0.15) is 5.82 Å². The standard InChI is InChI=1S/C26H34N6O2/c1-19(31(3)4)26(33)30-23-7-5-21(6-8-23)25(27)13-14-28-20(2)29-22-9-11-24(12-10-22)32-15-17-34-18-16-32/h5-14,19,29H,2,15-18,27H2,1,3-4H3,(H,30,33)/b25-13-,28-14?/t19-/m0/s1. The van der Waals surface area contributed by atoms with Crippen LogP contribution < -0.4 is 21.3 Å². The highest BCUT2D eigenvalue weighted by atomic mass is 16.5. The van der Waals surface area contributed by atoms with E-state index in [1.807, 2.05) is 62.3 Å². The van der Waals surface area contributed by atoms with Gasteiger partial charge in [-0.2, -0.15) is 0 Å². The molecule has 1 aliphatic heterocycles. The van der Waals surface area contributed by atoms with Crippen molar-refractivity contribution in [1.29, 1.82) is 0 Å². The molecule has 34 heavy (non-hydrogen) atoms. The number of nitrogens with one attached hydrogen (secondary N) is 2. The molecule has 0 spiro atoms. The summed E-state index contributed by atoms with van der Waals surface area (Å²) >= 11 is 0. The minimum atomic E-state index is -0.217. The number of hydrogen-bond donors (Lipinski definition) is 3. The Labute approximate surface area is 201 Å². The molecule has 3 rings (SSSR count). The first-order chi connectivity index (χ1) is 16.3. The molecule has 0 saturated carbocycles. The second kappa shape index (κ2) is 12.0. The number of allylic oxidation sites excluding steroid dienone is 1. The molecule has 1 aliphatic rings. The molecule has 0 aliphatic carbocycles. The van der Waals surface area contributed by atoms with E-state index in [0.717, 1.165) is 43.2 Å². The number of ether oxygens (including phenoxy) is 1. The highest BCUT2D eigenvalue weighted by Crippen LogP contribution is 2.20. The van der Waals surface area contributed by atoms with Gasteiger partial charge in [0.15, 0.2) is 0 Å². The molecule has 2 aromatic rings. The van der Waals surface area contributed by atoms with E-state index in [2.05, 4.69) is 39.2 Å². The van der Waals surface area contributed by atoms with Gasteiger partial charge in [-0.1, -0.05) is 18.7 Å². The lowest BCUT2D eigenvalue weighted by molar-refractivity contribution is -0.119. The lowest BCUT2D eigenvalue weighted by Crippen LogP contribution is -2.37. The van der Waals surface area contributed by atoms with Crippen LogP contribution >= 0.6 is 0 Å². The normalized spacial score (nSPS) is 15.4. The molecule has 4 N–H and O–H groups in total. The molecule has 1 saturated heterocycles. The van der Waals surface area contributed by atoms with Crippen molar-refractivity contribution < 1.29 is 9.53 Å². The van der Waals surface area contributed by atoms with E-state index >= 15 is 0 Å². The number of carbonyl (C=O) groups excluding carboxylic acids is 1. The number of nitrogens with two attached hydrogens (primary N) is 1. The Hall–Kier alpha value is -3.62. The third-order valence-electron chi connectivity index (χ3n) is 5.66. The molecule has 0 aromatic heterocycles. The van der Waals surface area contributed by atoms with Crippen LogP contribution in [-0.2, 0) is 9.53 Å². The van der Waals surface area contributed by atoms with Crippen LogP contribution in [0, 0.1) is 0 Å². The molecule has 0 bridgehead atoms. The summed E-state index contributed by atoms with van der Waals surface area (Å²) < 4.78 is 5.40. The number of anilines is 3. The lowest BCUT2D eigenvalue weighted by atomic mass is 10.1. The first-order valence-corrected chi connectivity index (χ1v) is 11.3. The summed E-state index contributed by atoms with van der Waals surface area (Å²) in [5, 5.41) is 6.08. The number of hydrogen-bond acceptors (Lipinski definition) is 7. The minimum absolute atomic E-state index is 0.0601. The van der Waals surface area contributed by atoms with Crippen molar-refractivity contribution in [2.75, 3.05) is 55.9 Å². The number of carbonyl (C=O) groups is 1. The van der Waals surface area contributed by atoms with Crippen LogP contribution in [0.4, 0.5) is 17.1 Å². The maximum Gasteiger partial charge on any atom is 0.241 e. The van der Waals surface area contributed by atoms with Crippen LogP contribution in [0.25, 0.3) is 5.70 Å². The van der Waals surface area contributed by atoms with Crippen molar-refractivity contribution >= 4 is 34.9 Å². The smallest absolute Gasteiger partial charge is 0.241 e. The van der Waals surface area contributed by atoms with Gasteiger partial charge in [-0.25, -0.2) is 4.99 Å². The third kappa shape index (κ3) is 7.19. The van der Waals surface area contributed by atoms with E-state index in [4.69, 9.17) is 10.5 Å². The van der Waals surface area contributed by atoms with Crippen molar-refractivity contribution in [1.82, 2.24) is 4.90 Å². The van der Waals surface area contributed by atoms with Gasteiger partial charge in [0, 0.05) is 42.1 Å². The molecule has 180 valence electrons. The number of morpholine rings is 1. The van der Waals surface area contributed by atoms with Gasteiger partial charge in [0.05, 0.1) is 19.3 Å². The second-order valence-electron chi connectivity index (χ2n) is 8.32. The van der Waals surface area contributed by atoms with E-state index in [-0.39, 0.29) is 11.9 Å². The lowest BCUT2D eigenvalue weighted by Gasteiger charge is -2.28. The van der Waals surface area contributed by atoms with Gasteiger partial charge in [0.25, 0.3) is 0 Å². The van der Waals surface area contributed by atoms with Gasteiger partial charge >= 0.3 is 0 Å². The Morgan fingerprint density at radius 2 is 1.68 bits per heavy atom. The summed E-state index contributed by atoms with van der Waals surface area (Å²) in [6, 6.07) is 15.3. The second-order valence-corrected chi connectivity index (χ2v) is 8.32. The monoisotopic (exact) mass is 462 g/mol. The molecule has 2 aromatic carbocycles. The molecule has 1 amide bonds. The van der Waals surface area contributed by atoms with Crippen molar-refractivity contribution in [3.05, 3.63) is 72.6 Å². The molecule has 0 radical (unpaired) electrons. The van der Waals surface area contributed by atoms with Crippen LogP contribution in [0.1, 0.15) is 12.5 Å². The van der Waals surface area contributed by atoms with Gasteiger partial charge in [0.2, 0.25) is 5.91 Å². The number of amides is 1. The maximum atomic E-state index is 12.2. The Balaban J connectivity index is 1.51. The Bertz CT molecular complexity index is 1020. The van der Waals surface area contributed by atoms with Crippen LogP contribution in [-0.4, -0.2) is 63.5 Å². The van der Waals surface area contributed by atoms with Gasteiger partial charge < -0.3 is 26.0 Å². The molecule has 8 heteroatoms. The summed E-state index contributed by atoms with van der Waals surface area (Å²) in [6.45, 7) is 9.14. The summed E-state index contributed by atoms with van der Waals surface area (Å²) in [5.41, 5.74) is 10.4. The fourth-order valence-corrected chi connectivity index (χ4v) is 3.31. The molecule has 1 atom stereocenters. The average Bonchev–Trinajstić information content (AvgIpc) is 2.84. The van der Waals surface area contributed by atoms with Crippen LogP contribution in [0.2, 0.25) is 0 Å². The van der Waals surface area contributed by atoms with E-state index < -0.39 is 0 Å². The van der Waals surface area contributed by atoms with Crippen LogP contribution in [0.3, 0.4) is 0 Å². The zero-order valence-corrected chi connectivity index (χ0v) is 20.1. The molecular weight excluding hydrogens is 428 g/mol. The average molecular weight is 463 g/mol. The summed E-state index contributed by atoms with van der Waals surface area (Å²) in [4.78, 5) is 20.6. The molecule has 1 fully saturated rings. The van der Waals surface area contributed by atoms with Crippen LogP contribution in [0.5, 0.6) is 0 Å². The van der Waals surface area contributed by atoms with Gasteiger partial charge in [-0.3, -0.25) is 9.69 Å². The summed E-state index contributed by atoms with van der Waals surface area (Å²) in [7, 11) is 3.74. The van der Waals surface area contributed by atoms with Gasteiger partial charge in [-0.05, 0) is 69.1 Å². The summed E-state index contributed by atoms with van der Waals surface area (Å²) in [5.74, 6) is 0.450. The number of likely N-dealkylation sites (N-methyl/N-ethyl adjacent to an activating group) is 1. The Kier molecular flexibility index (Phi) is 8.84. The van der Waals surface area contributed by atoms with E-state index in [9.17, 15) is 4.79 Å². The van der Waals surface area contributed by atoms with E-state index in [1.165, 1.54) is 5.69 Å². The molecule has 0 unspecified atom stereocenters. The van der Waals surface area contributed by atoms with Crippen molar-refractivity contribution in [2.24, 2.45) is 10.7 Å².